The molecule has 1 aromatic heterocycles. The standard InChI is InChI=1S/C11H7F4N3O/c12-5-1-6(13)3-7(2-5)19-11-9(15)4-8(14)10(17-11)18-16/h1-4H,16H2,(H,17,18). The summed E-state index contributed by atoms with van der Waals surface area (Å²) < 4.78 is 57.1. The van der Waals surface area contributed by atoms with Crippen molar-refractivity contribution in [3.05, 3.63) is 47.5 Å². The van der Waals surface area contributed by atoms with Gasteiger partial charge in [0.15, 0.2) is 17.5 Å². The number of halogens is 4. The molecule has 19 heavy (non-hydrogen) atoms. The van der Waals surface area contributed by atoms with Crippen molar-refractivity contribution in [1.82, 2.24) is 4.98 Å². The topological polar surface area (TPSA) is 60.2 Å². The van der Waals surface area contributed by atoms with Crippen molar-refractivity contribution in [2.24, 2.45) is 5.84 Å². The molecule has 0 aliphatic carbocycles. The fourth-order valence-electron chi connectivity index (χ4n) is 1.32. The summed E-state index contributed by atoms with van der Waals surface area (Å²) in [5.74, 6) is -0.475. The zero-order valence-electron chi connectivity index (χ0n) is 9.25. The molecule has 1 heterocycles. The van der Waals surface area contributed by atoms with Crippen molar-refractivity contribution in [2.45, 2.75) is 0 Å². The van der Waals surface area contributed by atoms with E-state index in [0.717, 1.165) is 12.1 Å². The van der Waals surface area contributed by atoms with Crippen LogP contribution in [0.4, 0.5) is 23.4 Å². The molecule has 0 spiro atoms. The van der Waals surface area contributed by atoms with Crippen molar-refractivity contribution >= 4 is 5.82 Å². The first kappa shape index (κ1) is 13.1. The highest BCUT2D eigenvalue weighted by Gasteiger charge is 2.14. The van der Waals surface area contributed by atoms with Crippen LogP contribution in [-0.4, -0.2) is 4.98 Å². The number of aromatic nitrogens is 1. The van der Waals surface area contributed by atoms with Crippen molar-refractivity contribution in [1.29, 1.82) is 0 Å². The minimum Gasteiger partial charge on any atom is -0.436 e. The van der Waals surface area contributed by atoms with E-state index >= 15 is 0 Å². The molecule has 0 amide bonds. The minimum atomic E-state index is -1.14. The summed E-state index contributed by atoms with van der Waals surface area (Å²) in [6, 6.07) is 2.74. The van der Waals surface area contributed by atoms with Crippen LogP contribution in [0.2, 0.25) is 0 Å². The van der Waals surface area contributed by atoms with E-state index < -0.39 is 35.0 Å². The van der Waals surface area contributed by atoms with Crippen LogP contribution in [-0.2, 0) is 0 Å². The lowest BCUT2D eigenvalue weighted by Crippen LogP contribution is -2.11. The maximum absolute atomic E-state index is 13.4. The number of nitrogens with two attached hydrogens (primary N) is 1. The van der Waals surface area contributed by atoms with Gasteiger partial charge in [-0.1, -0.05) is 0 Å². The first-order chi connectivity index (χ1) is 8.99. The van der Waals surface area contributed by atoms with Crippen LogP contribution < -0.4 is 16.0 Å². The summed E-state index contributed by atoms with van der Waals surface area (Å²) in [6.07, 6.45) is 0. The Hall–Kier alpha value is -2.35. The summed E-state index contributed by atoms with van der Waals surface area (Å²) >= 11 is 0. The maximum atomic E-state index is 13.4. The number of hydrogen-bond acceptors (Lipinski definition) is 4. The van der Waals surface area contributed by atoms with E-state index in [-0.39, 0.29) is 5.75 Å². The zero-order chi connectivity index (χ0) is 14.0. The highest BCUT2D eigenvalue weighted by Crippen LogP contribution is 2.26. The number of nitrogens with zero attached hydrogens (tertiary/aromatic N) is 1. The van der Waals surface area contributed by atoms with Gasteiger partial charge in [0.1, 0.15) is 17.4 Å². The molecule has 0 fully saturated rings. The SMILES string of the molecule is NNc1nc(Oc2cc(F)cc(F)c2)c(F)cc1F. The van der Waals surface area contributed by atoms with Gasteiger partial charge in [-0.2, -0.15) is 4.98 Å². The molecule has 0 saturated carbocycles. The number of hydrogen-bond donors (Lipinski definition) is 2. The average Bonchev–Trinajstić information content (AvgIpc) is 2.31. The summed E-state index contributed by atoms with van der Waals surface area (Å²) in [7, 11) is 0. The third-order valence-corrected chi connectivity index (χ3v) is 2.08. The molecule has 2 aromatic rings. The van der Waals surface area contributed by atoms with Crippen LogP contribution >= 0.6 is 0 Å². The molecule has 100 valence electrons. The highest BCUT2D eigenvalue weighted by molar-refractivity contribution is 5.40. The quantitative estimate of drug-likeness (QED) is 0.513. The molecule has 0 saturated heterocycles. The van der Waals surface area contributed by atoms with Crippen LogP contribution in [0, 0.1) is 23.3 Å². The molecule has 0 bridgehead atoms. The Morgan fingerprint density at radius 1 is 0.947 bits per heavy atom. The molecule has 0 aliphatic rings. The second-order valence-electron chi connectivity index (χ2n) is 3.46. The van der Waals surface area contributed by atoms with E-state index in [0.29, 0.717) is 12.1 Å². The molecular weight excluding hydrogens is 266 g/mol. The minimum absolute atomic E-state index is 0.321. The van der Waals surface area contributed by atoms with Crippen molar-refractivity contribution in [2.75, 3.05) is 5.43 Å². The Kier molecular flexibility index (Phi) is 3.52. The summed E-state index contributed by atoms with van der Waals surface area (Å²) in [4.78, 5) is 3.39. The number of benzene rings is 1. The normalized spacial score (nSPS) is 10.4. The third-order valence-electron chi connectivity index (χ3n) is 2.08. The molecule has 3 N–H and O–H groups in total. The third kappa shape index (κ3) is 2.91. The van der Waals surface area contributed by atoms with Gasteiger partial charge in [0.2, 0.25) is 0 Å². The second kappa shape index (κ2) is 5.11. The van der Waals surface area contributed by atoms with Crippen LogP contribution in [0.1, 0.15) is 0 Å². The summed E-state index contributed by atoms with van der Waals surface area (Å²) in [5, 5.41) is 0. The van der Waals surface area contributed by atoms with E-state index in [9.17, 15) is 17.6 Å². The highest BCUT2D eigenvalue weighted by atomic mass is 19.1. The molecule has 0 unspecified atom stereocenters. The molecule has 4 nitrogen and oxygen atoms in total. The zero-order valence-corrected chi connectivity index (χ0v) is 9.25. The van der Waals surface area contributed by atoms with Crippen molar-refractivity contribution in [3.63, 3.8) is 0 Å². The Bertz CT molecular complexity index is 601. The average molecular weight is 273 g/mol. The molecule has 1 aromatic carbocycles. The van der Waals surface area contributed by atoms with Gasteiger partial charge in [-0.25, -0.2) is 23.4 Å². The van der Waals surface area contributed by atoms with Gasteiger partial charge in [-0.05, 0) is 0 Å². The van der Waals surface area contributed by atoms with Gasteiger partial charge in [0.05, 0.1) is 0 Å². The Balaban J connectivity index is 2.37. The lowest BCUT2D eigenvalue weighted by atomic mass is 10.3. The number of rotatable bonds is 3. The molecule has 0 aliphatic heterocycles. The van der Waals surface area contributed by atoms with Gasteiger partial charge in [0.25, 0.3) is 5.88 Å². The number of nitrogens with one attached hydrogen (secondary N) is 1. The van der Waals surface area contributed by atoms with E-state index in [4.69, 9.17) is 10.6 Å². The Morgan fingerprint density at radius 2 is 1.58 bits per heavy atom. The van der Waals surface area contributed by atoms with Crippen molar-refractivity contribution in [3.8, 4) is 11.6 Å². The van der Waals surface area contributed by atoms with Crippen LogP contribution in [0.5, 0.6) is 11.6 Å². The van der Waals surface area contributed by atoms with Gasteiger partial charge < -0.3 is 10.2 Å². The number of hydrazine groups is 1. The predicted octanol–water partition coefficient (Wildman–Crippen LogP) is 2.72. The van der Waals surface area contributed by atoms with E-state index in [1.165, 1.54) is 0 Å². The molecule has 0 radical (unpaired) electrons. The molecule has 8 heteroatoms. The monoisotopic (exact) mass is 273 g/mol. The van der Waals surface area contributed by atoms with Crippen LogP contribution in [0.3, 0.4) is 0 Å². The first-order valence-corrected chi connectivity index (χ1v) is 4.96. The maximum Gasteiger partial charge on any atom is 0.258 e. The Morgan fingerprint density at radius 3 is 2.16 bits per heavy atom. The van der Waals surface area contributed by atoms with E-state index in [1.54, 1.807) is 0 Å². The summed E-state index contributed by atoms with van der Waals surface area (Å²) in [6.45, 7) is 0. The lowest BCUT2D eigenvalue weighted by Gasteiger charge is -2.08. The van der Waals surface area contributed by atoms with Gasteiger partial charge >= 0.3 is 0 Å². The van der Waals surface area contributed by atoms with Crippen molar-refractivity contribution < 1.29 is 22.3 Å². The van der Waals surface area contributed by atoms with Gasteiger partial charge in [-0.15, -0.1) is 0 Å². The number of anilines is 1. The Labute approximate surface area is 104 Å². The smallest absolute Gasteiger partial charge is 0.258 e. The fourth-order valence-corrected chi connectivity index (χ4v) is 1.32. The van der Waals surface area contributed by atoms with E-state index in [2.05, 4.69) is 4.98 Å². The van der Waals surface area contributed by atoms with Gasteiger partial charge in [-0.3, -0.25) is 0 Å². The van der Waals surface area contributed by atoms with E-state index in [1.807, 2.05) is 5.43 Å². The number of ether oxygens (including phenoxy) is 1. The molecule has 2 rings (SSSR count). The van der Waals surface area contributed by atoms with Gasteiger partial charge in [0, 0.05) is 24.3 Å². The fraction of sp³-hybridized carbons (Fsp3) is 0. The first-order valence-electron chi connectivity index (χ1n) is 4.96. The van der Waals surface area contributed by atoms with Crippen LogP contribution in [0.25, 0.3) is 0 Å². The number of pyridine rings is 1. The molecule has 0 atom stereocenters. The van der Waals surface area contributed by atoms with Crippen LogP contribution in [0.15, 0.2) is 24.3 Å². The molecular formula is C11H7F4N3O. The summed E-state index contributed by atoms with van der Waals surface area (Å²) in [5.41, 5.74) is 1.89. The number of nitrogen functional groups attached to an aromatic ring is 1. The second-order valence-corrected chi connectivity index (χ2v) is 3.46. The predicted molar refractivity (Wildman–Crippen MR) is 58.4 cm³/mol. The lowest BCUT2D eigenvalue weighted by molar-refractivity contribution is 0.411. The largest absolute Gasteiger partial charge is 0.436 e.